The molecule has 5 rings (SSSR count). The summed E-state index contributed by atoms with van der Waals surface area (Å²) in [6.07, 6.45) is 6.85. The van der Waals surface area contributed by atoms with E-state index in [1.54, 1.807) is 36.9 Å². The molecule has 0 atom stereocenters. The van der Waals surface area contributed by atoms with Crippen LogP contribution in [-0.2, 0) is 12.8 Å². The molecule has 0 aliphatic carbocycles. The van der Waals surface area contributed by atoms with Crippen molar-refractivity contribution in [1.82, 2.24) is 24.9 Å². The fraction of sp³-hybridized carbons (Fsp3) is 0.0800. The van der Waals surface area contributed by atoms with E-state index in [0.717, 1.165) is 11.1 Å². The lowest BCUT2D eigenvalue weighted by Gasteiger charge is -2.04. The fourth-order valence-electron chi connectivity index (χ4n) is 3.67. The van der Waals surface area contributed by atoms with Crippen molar-refractivity contribution < 1.29 is 9.59 Å². The number of pyridine rings is 1. The highest BCUT2D eigenvalue weighted by molar-refractivity contribution is 6.07. The highest BCUT2D eigenvalue weighted by atomic mass is 16.1. The topological polar surface area (TPSA) is 104 Å². The number of ketones is 2. The number of fused-ring (bicyclic) bond motifs is 1. The zero-order valence-electron chi connectivity index (χ0n) is 17.1. The maximum Gasteiger partial charge on any atom is 0.172 e. The number of rotatable bonds is 7. The maximum atomic E-state index is 12.9. The van der Waals surface area contributed by atoms with Gasteiger partial charge in [-0.25, -0.2) is 9.97 Å². The van der Waals surface area contributed by atoms with Crippen LogP contribution in [0.15, 0.2) is 79.4 Å². The van der Waals surface area contributed by atoms with E-state index in [1.165, 1.54) is 0 Å². The first-order chi connectivity index (χ1) is 15.7. The number of hydrogen-bond acceptors (Lipinski definition) is 5. The SMILES string of the molecule is O=C(Cc1nc2c(C(=O)Cc3ncc[nH]3)cccc2[nH]1)c1cncc(-c2ccccc2)c1. The first-order valence-electron chi connectivity index (χ1n) is 10.2. The number of carbonyl (C=O) groups excluding carboxylic acids is 2. The lowest BCUT2D eigenvalue weighted by Crippen LogP contribution is -2.06. The molecule has 3 aromatic heterocycles. The van der Waals surface area contributed by atoms with Crippen LogP contribution in [0.3, 0.4) is 0 Å². The molecule has 7 nitrogen and oxygen atoms in total. The molecule has 156 valence electrons. The highest BCUT2D eigenvalue weighted by Gasteiger charge is 2.17. The minimum Gasteiger partial charge on any atom is -0.348 e. The number of aromatic amines is 2. The standard InChI is InChI=1S/C25H19N5O2/c31-21(18-11-17(14-26-15-18)16-5-2-1-3-6-16)12-24-29-20-8-4-7-19(25(20)30-24)22(32)13-23-27-9-10-28-23/h1-11,14-15H,12-13H2,(H,27,28)(H,29,30). The average molecular weight is 421 g/mol. The second-order valence-electron chi connectivity index (χ2n) is 7.45. The lowest BCUT2D eigenvalue weighted by atomic mass is 10.0. The molecule has 0 radical (unpaired) electrons. The molecule has 0 spiro atoms. The smallest absolute Gasteiger partial charge is 0.172 e. The third kappa shape index (κ3) is 3.96. The Labute approximate surface area is 183 Å². The van der Waals surface area contributed by atoms with Gasteiger partial charge in [0.25, 0.3) is 0 Å². The normalized spacial score (nSPS) is 11.0. The zero-order chi connectivity index (χ0) is 21.9. The average Bonchev–Trinajstić information content (AvgIpc) is 3.48. The van der Waals surface area contributed by atoms with Crippen molar-refractivity contribution in [2.75, 3.05) is 0 Å². The van der Waals surface area contributed by atoms with Gasteiger partial charge >= 0.3 is 0 Å². The van der Waals surface area contributed by atoms with Crippen LogP contribution in [0.2, 0.25) is 0 Å². The van der Waals surface area contributed by atoms with Crippen LogP contribution in [0, 0.1) is 0 Å². The molecule has 0 unspecified atom stereocenters. The molecule has 32 heavy (non-hydrogen) atoms. The zero-order valence-corrected chi connectivity index (χ0v) is 17.1. The van der Waals surface area contributed by atoms with E-state index in [4.69, 9.17) is 0 Å². The molecule has 2 N–H and O–H groups in total. The van der Waals surface area contributed by atoms with Gasteiger partial charge in [0.1, 0.15) is 11.6 Å². The van der Waals surface area contributed by atoms with Gasteiger partial charge < -0.3 is 9.97 Å². The number of aromatic nitrogens is 5. The van der Waals surface area contributed by atoms with E-state index in [1.807, 2.05) is 42.5 Å². The van der Waals surface area contributed by atoms with Crippen molar-refractivity contribution in [3.63, 3.8) is 0 Å². The summed E-state index contributed by atoms with van der Waals surface area (Å²) in [4.78, 5) is 44.7. The summed E-state index contributed by atoms with van der Waals surface area (Å²) in [5, 5.41) is 0. The number of H-pyrrole nitrogens is 2. The number of para-hydroxylation sites is 1. The largest absolute Gasteiger partial charge is 0.348 e. The molecule has 5 aromatic rings. The van der Waals surface area contributed by atoms with E-state index < -0.39 is 0 Å². The highest BCUT2D eigenvalue weighted by Crippen LogP contribution is 2.21. The Kier molecular flexibility index (Phi) is 5.13. The van der Waals surface area contributed by atoms with E-state index >= 15 is 0 Å². The molecule has 0 bridgehead atoms. The quantitative estimate of drug-likeness (QED) is 0.383. The van der Waals surface area contributed by atoms with Gasteiger partial charge in [-0.1, -0.05) is 36.4 Å². The van der Waals surface area contributed by atoms with Gasteiger partial charge in [-0.2, -0.15) is 0 Å². The van der Waals surface area contributed by atoms with Gasteiger partial charge in [0, 0.05) is 41.5 Å². The number of imidazole rings is 2. The predicted molar refractivity (Wildman–Crippen MR) is 120 cm³/mol. The molecule has 2 aromatic carbocycles. The van der Waals surface area contributed by atoms with Crippen molar-refractivity contribution >= 4 is 22.6 Å². The summed E-state index contributed by atoms with van der Waals surface area (Å²) < 4.78 is 0. The number of benzene rings is 2. The molecule has 0 aliphatic heterocycles. The van der Waals surface area contributed by atoms with Gasteiger partial charge in [0.2, 0.25) is 0 Å². The van der Waals surface area contributed by atoms with Crippen LogP contribution in [0.5, 0.6) is 0 Å². The van der Waals surface area contributed by atoms with Crippen LogP contribution in [0.4, 0.5) is 0 Å². The minimum atomic E-state index is -0.0993. The number of Topliss-reactive ketones (excluding diaryl/α,β-unsaturated/α-hetero) is 2. The molecule has 0 saturated carbocycles. The molecule has 3 heterocycles. The number of nitrogens with one attached hydrogen (secondary N) is 2. The van der Waals surface area contributed by atoms with Gasteiger partial charge in [0.15, 0.2) is 11.6 Å². The Morgan fingerprint density at radius 3 is 2.50 bits per heavy atom. The third-order valence-electron chi connectivity index (χ3n) is 5.24. The molecular formula is C25H19N5O2. The summed E-state index contributed by atoms with van der Waals surface area (Å²) in [6, 6.07) is 17.0. The van der Waals surface area contributed by atoms with Crippen molar-refractivity contribution in [1.29, 1.82) is 0 Å². The molecule has 0 amide bonds. The third-order valence-corrected chi connectivity index (χ3v) is 5.24. The molecule has 0 saturated heterocycles. The molecule has 0 fully saturated rings. The summed E-state index contributed by atoms with van der Waals surface area (Å²) in [5.41, 5.74) is 4.17. The van der Waals surface area contributed by atoms with Gasteiger partial charge in [0.05, 0.1) is 23.9 Å². The number of nitrogens with zero attached hydrogens (tertiary/aromatic N) is 3. The molecule has 7 heteroatoms. The van der Waals surface area contributed by atoms with Crippen LogP contribution in [-0.4, -0.2) is 36.5 Å². The fourth-order valence-corrected chi connectivity index (χ4v) is 3.67. The van der Waals surface area contributed by atoms with Crippen LogP contribution < -0.4 is 0 Å². The van der Waals surface area contributed by atoms with Gasteiger partial charge in [-0.3, -0.25) is 14.6 Å². The van der Waals surface area contributed by atoms with Gasteiger partial charge in [-0.15, -0.1) is 0 Å². The van der Waals surface area contributed by atoms with Gasteiger partial charge in [-0.05, 0) is 23.8 Å². The second-order valence-corrected chi connectivity index (χ2v) is 7.45. The van der Waals surface area contributed by atoms with E-state index in [2.05, 4.69) is 24.9 Å². The van der Waals surface area contributed by atoms with Crippen LogP contribution in [0.25, 0.3) is 22.2 Å². The predicted octanol–water partition coefficient (Wildman–Crippen LogP) is 4.20. The van der Waals surface area contributed by atoms with E-state index in [-0.39, 0.29) is 24.4 Å². The second kappa shape index (κ2) is 8.39. The van der Waals surface area contributed by atoms with E-state index in [0.29, 0.717) is 33.8 Å². The van der Waals surface area contributed by atoms with Crippen molar-refractivity contribution in [2.24, 2.45) is 0 Å². The Morgan fingerprint density at radius 2 is 1.69 bits per heavy atom. The lowest BCUT2D eigenvalue weighted by molar-refractivity contribution is 0.0984. The first kappa shape index (κ1) is 19.6. The minimum absolute atomic E-state index is 0.0837. The Balaban J connectivity index is 1.39. The van der Waals surface area contributed by atoms with Crippen LogP contribution >= 0.6 is 0 Å². The number of hydrogen-bond donors (Lipinski definition) is 2. The first-order valence-corrected chi connectivity index (χ1v) is 10.2. The van der Waals surface area contributed by atoms with Crippen molar-refractivity contribution in [2.45, 2.75) is 12.8 Å². The van der Waals surface area contributed by atoms with E-state index in [9.17, 15) is 9.59 Å². The molecule has 0 aliphatic rings. The van der Waals surface area contributed by atoms with Crippen LogP contribution in [0.1, 0.15) is 32.4 Å². The summed E-state index contributed by atoms with van der Waals surface area (Å²) in [5.74, 6) is 0.921. The summed E-state index contributed by atoms with van der Waals surface area (Å²) in [7, 11) is 0. The molecular weight excluding hydrogens is 402 g/mol. The Bertz CT molecular complexity index is 1410. The maximum absolute atomic E-state index is 12.9. The Morgan fingerprint density at radius 1 is 0.844 bits per heavy atom. The van der Waals surface area contributed by atoms with Crippen molar-refractivity contribution in [3.8, 4) is 11.1 Å². The Hall–Kier alpha value is -4.39. The summed E-state index contributed by atoms with van der Waals surface area (Å²) >= 11 is 0. The monoisotopic (exact) mass is 421 g/mol. The number of carbonyl (C=O) groups is 2. The summed E-state index contributed by atoms with van der Waals surface area (Å²) in [6.45, 7) is 0. The van der Waals surface area contributed by atoms with Crippen molar-refractivity contribution in [3.05, 3.63) is 102 Å².